The number of fused-ring (bicyclic) bond motifs is 3. The number of carbonyl (C=O) groups is 5. The number of allylic oxidation sites excluding steroid dienone is 6. The predicted octanol–water partition coefficient (Wildman–Crippen LogP) is 7.22. The Hall–Kier alpha value is -3.37. The minimum Gasteiger partial charge on any atom is -0.460 e. The van der Waals surface area contributed by atoms with Crippen LogP contribution in [0.4, 0.5) is 0 Å². The molecule has 67 heavy (non-hydrogen) atoms. The lowest BCUT2D eigenvalue weighted by molar-refractivity contribution is -0.265. The van der Waals surface area contributed by atoms with Gasteiger partial charge < -0.3 is 43.5 Å². The van der Waals surface area contributed by atoms with E-state index >= 15 is 0 Å². The van der Waals surface area contributed by atoms with Crippen LogP contribution in [0.3, 0.4) is 0 Å². The third-order valence-corrected chi connectivity index (χ3v) is 14.8. The minimum atomic E-state index is -2.42. The molecule has 378 valence electrons. The average molecular weight is 942 g/mol. The number of ketones is 3. The van der Waals surface area contributed by atoms with E-state index in [0.29, 0.717) is 70.0 Å². The number of amides is 1. The topological polar surface area (TPSA) is 184 Å². The summed E-state index contributed by atoms with van der Waals surface area (Å²) in [6, 6.07) is -1.12. The summed E-state index contributed by atoms with van der Waals surface area (Å²) in [4.78, 5) is 72.5. The van der Waals surface area contributed by atoms with Crippen LogP contribution in [0, 0.1) is 35.5 Å². The van der Waals surface area contributed by atoms with E-state index in [0.717, 1.165) is 12.0 Å². The SMILES string of the molecule is CCO[C@@H]1/C(C)=C/[C@@H](C)C(=O)C[C@@H]([C@H](C)C[C@@H]2CC[C@@H](O)[C@H](OC)C2)OC(=O)[C@@H]2CCCCN2C(=O)C(=O)[C@]2(O)O[C@@H](CC[C@H]2C)C[C@H](OC)/C(C)=C/C=C/C=C/[C@@H](C)C[C@@H](C)C(=O)[C@@H]1OC. The molecule has 4 rings (SSSR count). The normalized spacial score (nSPS) is 39.6. The number of rotatable bonds is 8. The van der Waals surface area contributed by atoms with Crippen molar-refractivity contribution in [3.8, 4) is 0 Å². The van der Waals surface area contributed by atoms with Crippen LogP contribution in [0.25, 0.3) is 0 Å². The lowest BCUT2D eigenvalue weighted by Crippen LogP contribution is -2.61. The van der Waals surface area contributed by atoms with Crippen LogP contribution in [0.15, 0.2) is 47.6 Å². The van der Waals surface area contributed by atoms with Gasteiger partial charge in [-0.3, -0.25) is 19.2 Å². The Morgan fingerprint density at radius 2 is 1.58 bits per heavy atom. The van der Waals surface area contributed by atoms with Crippen LogP contribution in [0.1, 0.15) is 132 Å². The fourth-order valence-corrected chi connectivity index (χ4v) is 10.5. The van der Waals surface area contributed by atoms with Gasteiger partial charge in [0.05, 0.1) is 24.4 Å². The Bertz CT molecular complexity index is 1790. The second-order valence-corrected chi connectivity index (χ2v) is 20.0. The van der Waals surface area contributed by atoms with Gasteiger partial charge in [-0.1, -0.05) is 71.1 Å². The van der Waals surface area contributed by atoms with E-state index in [2.05, 4.69) is 6.92 Å². The molecule has 15 atom stereocenters. The van der Waals surface area contributed by atoms with Crippen molar-refractivity contribution in [2.75, 3.05) is 34.5 Å². The summed E-state index contributed by atoms with van der Waals surface area (Å²) in [5.74, 6) is -7.43. The van der Waals surface area contributed by atoms with Crippen LogP contribution in [-0.4, -0.2) is 133 Å². The fourth-order valence-electron chi connectivity index (χ4n) is 10.5. The van der Waals surface area contributed by atoms with Crippen LogP contribution in [-0.2, 0) is 52.4 Å². The van der Waals surface area contributed by atoms with E-state index in [9.17, 15) is 34.2 Å². The highest BCUT2D eigenvalue weighted by molar-refractivity contribution is 6.39. The summed E-state index contributed by atoms with van der Waals surface area (Å²) < 4.78 is 35.9. The van der Waals surface area contributed by atoms with Crippen molar-refractivity contribution >= 4 is 29.2 Å². The number of piperidine rings is 1. The number of aliphatic hydroxyl groups excluding tert-OH is 1. The lowest BCUT2D eigenvalue weighted by atomic mass is 9.78. The number of aliphatic hydroxyl groups is 2. The molecule has 0 spiro atoms. The quantitative estimate of drug-likeness (QED) is 0.141. The van der Waals surface area contributed by atoms with Crippen molar-refractivity contribution < 1.29 is 62.6 Å². The van der Waals surface area contributed by atoms with E-state index in [1.165, 1.54) is 12.0 Å². The molecule has 3 aliphatic heterocycles. The number of hydrogen-bond acceptors (Lipinski definition) is 13. The summed E-state index contributed by atoms with van der Waals surface area (Å²) in [7, 11) is 4.66. The van der Waals surface area contributed by atoms with Crippen molar-refractivity contribution in [1.82, 2.24) is 4.90 Å². The monoisotopic (exact) mass is 942 g/mol. The molecule has 14 nitrogen and oxygen atoms in total. The third-order valence-electron chi connectivity index (χ3n) is 14.8. The van der Waals surface area contributed by atoms with Crippen LogP contribution >= 0.6 is 0 Å². The summed E-state index contributed by atoms with van der Waals surface area (Å²) in [6.45, 7) is 15.3. The zero-order valence-electron chi connectivity index (χ0n) is 42.3. The largest absolute Gasteiger partial charge is 0.460 e. The van der Waals surface area contributed by atoms with Gasteiger partial charge in [-0.15, -0.1) is 0 Å². The number of hydrogen-bond donors (Lipinski definition) is 2. The van der Waals surface area contributed by atoms with E-state index in [1.807, 2.05) is 65.0 Å². The van der Waals surface area contributed by atoms with E-state index in [1.54, 1.807) is 34.1 Å². The third kappa shape index (κ3) is 15.1. The first kappa shape index (κ1) is 56.2. The molecule has 3 fully saturated rings. The standard InChI is InChI=1S/C53H83NO13/c1-12-65-48-37(7)27-34(4)43(56)31-45(35(5)28-39-22-24-42(55)46(29-39)63-10)66-52(60)41-20-16-17-25-54(41)51(59)50(58)53(61)38(8)21-23-40(67-53)30-44(62-9)33(3)19-15-13-14-18-32(2)26-36(6)47(57)49(48)64-11/h13-15,18-19,27,32,34-36,38-42,44-46,48-49,55,61H,12,16-17,20-26,28-31H2,1-11H3/b15-13+,18-14+,33-19+,37-27+/t32-,34-,35-,36-,38-,39+,40+,41+,42-,44+,45+,46-,48-,49+,53-/m1/s1. The molecular weight excluding hydrogens is 859 g/mol. The van der Waals surface area contributed by atoms with E-state index in [4.69, 9.17) is 28.4 Å². The molecule has 2 bridgehead atoms. The molecule has 14 heteroatoms. The highest BCUT2D eigenvalue weighted by atomic mass is 16.6. The highest BCUT2D eigenvalue weighted by Crippen LogP contribution is 2.38. The number of methoxy groups -OCH3 is 3. The predicted molar refractivity (Wildman–Crippen MR) is 255 cm³/mol. The lowest BCUT2D eigenvalue weighted by Gasteiger charge is -2.42. The van der Waals surface area contributed by atoms with Gasteiger partial charge in [-0.25, -0.2) is 4.79 Å². The first-order chi connectivity index (χ1) is 31.8. The van der Waals surface area contributed by atoms with Crippen molar-refractivity contribution in [1.29, 1.82) is 0 Å². The molecule has 0 aromatic rings. The molecule has 0 radical (unpaired) electrons. The van der Waals surface area contributed by atoms with Gasteiger partial charge in [0.1, 0.15) is 30.1 Å². The maximum atomic E-state index is 14.4. The van der Waals surface area contributed by atoms with E-state index < -0.39 is 77.9 Å². The number of nitrogens with zero attached hydrogens (tertiary/aromatic N) is 1. The van der Waals surface area contributed by atoms with Gasteiger partial charge >= 0.3 is 5.97 Å². The average Bonchev–Trinajstić information content (AvgIpc) is 3.30. The molecule has 1 saturated carbocycles. The minimum absolute atomic E-state index is 0.0595. The van der Waals surface area contributed by atoms with Crippen LogP contribution in [0.5, 0.6) is 0 Å². The maximum Gasteiger partial charge on any atom is 0.329 e. The molecule has 0 aromatic carbocycles. The molecule has 0 aromatic heterocycles. The van der Waals surface area contributed by atoms with Crippen molar-refractivity contribution in [2.24, 2.45) is 35.5 Å². The second kappa shape index (κ2) is 26.6. The molecule has 4 aliphatic rings. The Morgan fingerprint density at radius 1 is 0.851 bits per heavy atom. The molecule has 1 aliphatic carbocycles. The van der Waals surface area contributed by atoms with E-state index in [-0.39, 0.29) is 60.7 Å². The van der Waals surface area contributed by atoms with Gasteiger partial charge in [0, 0.05) is 65.1 Å². The van der Waals surface area contributed by atoms with Crippen molar-refractivity contribution in [3.63, 3.8) is 0 Å². The summed E-state index contributed by atoms with van der Waals surface area (Å²) in [6.07, 6.45) is 12.6. The zero-order chi connectivity index (χ0) is 49.6. The smallest absolute Gasteiger partial charge is 0.329 e. The highest BCUT2D eigenvalue weighted by Gasteiger charge is 2.53. The van der Waals surface area contributed by atoms with Gasteiger partial charge in [-0.2, -0.15) is 0 Å². The fraction of sp³-hybridized carbons (Fsp3) is 0.755. The van der Waals surface area contributed by atoms with Crippen LogP contribution < -0.4 is 0 Å². The Kier molecular flexibility index (Phi) is 22.3. The van der Waals surface area contributed by atoms with Crippen LogP contribution in [0.2, 0.25) is 0 Å². The zero-order valence-corrected chi connectivity index (χ0v) is 42.3. The summed E-state index contributed by atoms with van der Waals surface area (Å²) in [5.41, 5.74) is 1.56. The molecule has 3 heterocycles. The molecular formula is C53H83NO13. The number of Topliss-reactive ketones (excluding diaryl/α,β-unsaturated/α-hetero) is 3. The molecule has 2 saturated heterocycles. The molecule has 2 N–H and O–H groups in total. The van der Waals surface area contributed by atoms with Gasteiger partial charge in [0.2, 0.25) is 5.79 Å². The number of ether oxygens (including phenoxy) is 6. The number of cyclic esters (lactones) is 1. The van der Waals surface area contributed by atoms with Gasteiger partial charge in [0.25, 0.3) is 11.7 Å². The molecule has 0 unspecified atom stereocenters. The Balaban J connectivity index is 1.73. The summed E-state index contributed by atoms with van der Waals surface area (Å²) in [5, 5.41) is 22.5. The van der Waals surface area contributed by atoms with Gasteiger partial charge in [0.15, 0.2) is 5.78 Å². The first-order valence-corrected chi connectivity index (χ1v) is 24.9. The second-order valence-electron chi connectivity index (χ2n) is 20.0. The van der Waals surface area contributed by atoms with Crippen molar-refractivity contribution in [3.05, 3.63) is 47.6 Å². The van der Waals surface area contributed by atoms with Gasteiger partial charge in [-0.05, 0) is 114 Å². The Morgan fingerprint density at radius 3 is 2.25 bits per heavy atom. The molecule has 1 amide bonds. The van der Waals surface area contributed by atoms with Crippen molar-refractivity contribution in [2.45, 2.75) is 187 Å². The number of carbonyl (C=O) groups excluding carboxylic acids is 5. The first-order valence-electron chi connectivity index (χ1n) is 24.9. The summed E-state index contributed by atoms with van der Waals surface area (Å²) >= 11 is 0. The Labute approximate surface area is 400 Å². The maximum absolute atomic E-state index is 14.4. The number of esters is 1.